The average molecular weight is 220 g/mol. The highest BCUT2D eigenvalue weighted by Crippen LogP contribution is 2.31. The van der Waals surface area contributed by atoms with Crippen LogP contribution in [0.3, 0.4) is 0 Å². The molecule has 0 aromatic heterocycles. The van der Waals surface area contributed by atoms with Crippen molar-refractivity contribution in [3.05, 3.63) is 28.5 Å². The molecule has 0 aliphatic carbocycles. The van der Waals surface area contributed by atoms with Gasteiger partial charge in [0.1, 0.15) is 0 Å². The van der Waals surface area contributed by atoms with Gasteiger partial charge in [0.05, 0.1) is 24.8 Å². The van der Waals surface area contributed by atoms with Crippen molar-refractivity contribution in [2.75, 3.05) is 13.7 Å². The quantitative estimate of drug-likeness (QED) is 0.810. The van der Waals surface area contributed by atoms with E-state index in [4.69, 9.17) is 27.2 Å². The molecule has 3 N–H and O–H groups in total. The lowest BCUT2D eigenvalue weighted by atomic mass is 10.1. The Kier molecular flexibility index (Phi) is 3.69. The first kappa shape index (κ1) is 11.2. The second-order valence-electron chi connectivity index (χ2n) is 2.77. The van der Waals surface area contributed by atoms with Crippen LogP contribution in [0.15, 0.2) is 12.1 Å². The fraction of sp³-hybridized carbons (Fsp3) is 0.333. The summed E-state index contributed by atoms with van der Waals surface area (Å²) in [5, 5.41) is 8.80. The highest BCUT2D eigenvalue weighted by atomic mass is 35.5. The van der Waals surface area contributed by atoms with Crippen LogP contribution in [-0.4, -0.2) is 18.8 Å². The van der Waals surface area contributed by atoms with Crippen molar-refractivity contribution in [1.82, 2.24) is 0 Å². The van der Waals surface area contributed by atoms with Gasteiger partial charge < -0.3 is 15.6 Å². The molecule has 0 radical (unpaired) electrons. The second kappa shape index (κ2) is 4.59. The summed E-state index contributed by atoms with van der Waals surface area (Å²) in [6, 6.07) is 2.24. The van der Waals surface area contributed by atoms with Crippen LogP contribution in [-0.2, 0) is 0 Å². The van der Waals surface area contributed by atoms with E-state index in [0.29, 0.717) is 5.56 Å². The van der Waals surface area contributed by atoms with Crippen LogP contribution in [0.4, 0.5) is 4.39 Å². The lowest BCUT2D eigenvalue weighted by molar-refractivity contribution is 0.263. The molecule has 3 nitrogen and oxygen atoms in total. The van der Waals surface area contributed by atoms with Gasteiger partial charge in [0.25, 0.3) is 0 Å². The van der Waals surface area contributed by atoms with Crippen LogP contribution in [0, 0.1) is 5.82 Å². The van der Waals surface area contributed by atoms with E-state index in [1.54, 1.807) is 0 Å². The molecule has 0 amide bonds. The Morgan fingerprint density at radius 3 is 2.79 bits per heavy atom. The molecule has 0 saturated heterocycles. The predicted octanol–water partition coefficient (Wildman–Crippen LogP) is 1.48. The fourth-order valence-corrected chi connectivity index (χ4v) is 1.29. The summed E-state index contributed by atoms with van der Waals surface area (Å²) in [5.41, 5.74) is 5.95. The van der Waals surface area contributed by atoms with E-state index in [2.05, 4.69) is 0 Å². The lowest BCUT2D eigenvalue weighted by Crippen LogP contribution is -2.16. The number of methoxy groups -OCH3 is 1. The summed E-state index contributed by atoms with van der Waals surface area (Å²) >= 11 is 5.55. The van der Waals surface area contributed by atoms with Crippen molar-refractivity contribution in [2.24, 2.45) is 5.73 Å². The zero-order valence-corrected chi connectivity index (χ0v) is 8.38. The summed E-state index contributed by atoms with van der Waals surface area (Å²) in [4.78, 5) is 0. The minimum Gasteiger partial charge on any atom is -0.493 e. The Bertz CT molecular complexity index is 333. The summed E-state index contributed by atoms with van der Waals surface area (Å²) in [7, 11) is 1.32. The zero-order chi connectivity index (χ0) is 10.7. The van der Waals surface area contributed by atoms with Crippen molar-refractivity contribution in [1.29, 1.82) is 0 Å². The number of rotatable bonds is 3. The van der Waals surface area contributed by atoms with Gasteiger partial charge in [-0.25, -0.2) is 4.39 Å². The minimum absolute atomic E-state index is 0.0148. The molecule has 0 heterocycles. The number of hydrogen-bond acceptors (Lipinski definition) is 3. The normalized spacial score (nSPS) is 12.6. The molecule has 14 heavy (non-hydrogen) atoms. The Labute approximate surface area is 86.2 Å². The van der Waals surface area contributed by atoms with Crippen molar-refractivity contribution >= 4 is 11.6 Å². The molecule has 1 unspecified atom stereocenters. The third-order valence-electron chi connectivity index (χ3n) is 1.88. The van der Waals surface area contributed by atoms with Crippen LogP contribution < -0.4 is 10.5 Å². The largest absolute Gasteiger partial charge is 0.493 e. The number of aliphatic hydroxyl groups is 1. The Morgan fingerprint density at radius 1 is 1.64 bits per heavy atom. The van der Waals surface area contributed by atoms with Gasteiger partial charge in [-0.1, -0.05) is 17.7 Å². The van der Waals surface area contributed by atoms with Gasteiger partial charge >= 0.3 is 0 Å². The standard InChI is InChI=1S/C9H11ClFNO2/c1-14-9-5(7(12)4-13)2-3-6(10)8(9)11/h2-3,7,13H,4,12H2,1H3. The molecule has 1 atom stereocenters. The van der Waals surface area contributed by atoms with Crippen molar-refractivity contribution in [3.63, 3.8) is 0 Å². The summed E-state index contributed by atoms with van der Waals surface area (Å²) in [6.07, 6.45) is 0. The third-order valence-corrected chi connectivity index (χ3v) is 2.17. The molecule has 78 valence electrons. The van der Waals surface area contributed by atoms with Crippen LogP contribution >= 0.6 is 11.6 Å². The Balaban J connectivity index is 3.23. The number of ether oxygens (including phenoxy) is 1. The molecule has 0 spiro atoms. The van der Waals surface area contributed by atoms with Crippen LogP contribution in [0.25, 0.3) is 0 Å². The SMILES string of the molecule is COc1c(C(N)CO)ccc(Cl)c1F. The summed E-state index contributed by atoms with van der Waals surface area (Å²) in [5.74, 6) is -0.672. The second-order valence-corrected chi connectivity index (χ2v) is 3.18. The van der Waals surface area contributed by atoms with Crippen molar-refractivity contribution in [2.45, 2.75) is 6.04 Å². The van der Waals surface area contributed by atoms with Gasteiger partial charge in [-0.15, -0.1) is 0 Å². The molecule has 0 aliphatic heterocycles. The van der Waals surface area contributed by atoms with E-state index in [1.165, 1.54) is 19.2 Å². The fourth-order valence-electron chi connectivity index (χ4n) is 1.14. The smallest absolute Gasteiger partial charge is 0.183 e. The number of benzene rings is 1. The first-order chi connectivity index (χ1) is 6.61. The monoisotopic (exact) mass is 219 g/mol. The van der Waals surface area contributed by atoms with Crippen molar-refractivity contribution in [3.8, 4) is 5.75 Å². The van der Waals surface area contributed by atoms with Gasteiger partial charge in [-0.05, 0) is 6.07 Å². The average Bonchev–Trinajstić information content (AvgIpc) is 2.20. The van der Waals surface area contributed by atoms with Gasteiger partial charge in [-0.3, -0.25) is 0 Å². The first-order valence-electron chi connectivity index (χ1n) is 4.00. The third kappa shape index (κ3) is 1.97. The molecule has 5 heteroatoms. The minimum atomic E-state index is -0.670. The summed E-state index contributed by atoms with van der Waals surface area (Å²) in [6.45, 7) is -0.280. The number of halogens is 2. The molecule has 1 aromatic rings. The molecule has 0 saturated carbocycles. The van der Waals surface area contributed by atoms with E-state index < -0.39 is 11.9 Å². The number of aliphatic hydroxyl groups excluding tert-OH is 1. The Morgan fingerprint density at radius 2 is 2.29 bits per heavy atom. The van der Waals surface area contributed by atoms with E-state index >= 15 is 0 Å². The molecule has 0 aliphatic rings. The van der Waals surface area contributed by atoms with Gasteiger partial charge in [0.15, 0.2) is 11.6 Å². The van der Waals surface area contributed by atoms with Gasteiger partial charge in [0, 0.05) is 5.56 Å². The molecule has 0 bridgehead atoms. The van der Waals surface area contributed by atoms with Gasteiger partial charge in [-0.2, -0.15) is 0 Å². The van der Waals surface area contributed by atoms with E-state index in [0.717, 1.165) is 0 Å². The predicted molar refractivity (Wildman–Crippen MR) is 52.0 cm³/mol. The lowest BCUT2D eigenvalue weighted by Gasteiger charge is -2.14. The molecule has 1 aromatic carbocycles. The highest BCUT2D eigenvalue weighted by molar-refractivity contribution is 6.30. The maximum absolute atomic E-state index is 13.4. The number of nitrogens with two attached hydrogens (primary N) is 1. The first-order valence-corrected chi connectivity index (χ1v) is 4.38. The highest BCUT2D eigenvalue weighted by Gasteiger charge is 2.17. The molecule has 1 rings (SSSR count). The summed E-state index contributed by atoms with van der Waals surface area (Å²) < 4.78 is 18.2. The van der Waals surface area contributed by atoms with E-state index in [9.17, 15) is 4.39 Å². The van der Waals surface area contributed by atoms with E-state index in [1.807, 2.05) is 0 Å². The molecular weight excluding hydrogens is 209 g/mol. The Hall–Kier alpha value is -0.840. The van der Waals surface area contributed by atoms with Crippen LogP contribution in [0.5, 0.6) is 5.75 Å². The van der Waals surface area contributed by atoms with Gasteiger partial charge in [0.2, 0.25) is 0 Å². The zero-order valence-electron chi connectivity index (χ0n) is 7.63. The topological polar surface area (TPSA) is 55.5 Å². The maximum Gasteiger partial charge on any atom is 0.183 e. The number of hydrogen-bond donors (Lipinski definition) is 2. The van der Waals surface area contributed by atoms with Crippen molar-refractivity contribution < 1.29 is 14.2 Å². The maximum atomic E-state index is 13.4. The van der Waals surface area contributed by atoms with E-state index in [-0.39, 0.29) is 17.4 Å². The van der Waals surface area contributed by atoms with Crippen LogP contribution in [0.1, 0.15) is 11.6 Å². The molecule has 0 fully saturated rings. The van der Waals surface area contributed by atoms with Crippen LogP contribution in [0.2, 0.25) is 5.02 Å². The molecular formula is C9H11ClFNO2.